The lowest BCUT2D eigenvalue weighted by atomic mass is 10.3. The Labute approximate surface area is 153 Å². The molecule has 1 N–H and O–H groups in total. The maximum absolute atomic E-state index is 12.0. The molecule has 0 bridgehead atoms. The Hall–Kier alpha value is -2.02. The molecule has 5 nitrogen and oxygen atoms in total. The van der Waals surface area contributed by atoms with E-state index in [-0.39, 0.29) is 11.7 Å². The van der Waals surface area contributed by atoms with E-state index in [0.717, 1.165) is 5.69 Å². The fraction of sp³-hybridized carbons (Fsp3) is 0.0625. The maximum Gasteiger partial charge on any atom is 0.234 e. The molecule has 2 aromatic carbocycles. The highest BCUT2D eigenvalue weighted by molar-refractivity contribution is 7.99. The molecule has 0 radical (unpaired) electrons. The first-order valence-corrected chi connectivity index (χ1v) is 8.71. The van der Waals surface area contributed by atoms with Gasteiger partial charge in [-0.05, 0) is 30.3 Å². The SMILES string of the molecule is O=C(CSc1ncn(-c2ccccc2)n1)Nc1ccc(Cl)c(Cl)c1. The highest BCUT2D eigenvalue weighted by atomic mass is 35.5. The Morgan fingerprint density at radius 1 is 1.12 bits per heavy atom. The van der Waals surface area contributed by atoms with E-state index in [9.17, 15) is 4.79 Å². The molecule has 1 amide bonds. The van der Waals surface area contributed by atoms with Gasteiger partial charge in [0.1, 0.15) is 6.33 Å². The molecule has 122 valence electrons. The Morgan fingerprint density at radius 2 is 1.92 bits per heavy atom. The Balaban J connectivity index is 1.56. The molecule has 0 aliphatic carbocycles. The summed E-state index contributed by atoms with van der Waals surface area (Å²) in [6, 6.07) is 14.6. The third kappa shape index (κ3) is 4.29. The molecular weight excluding hydrogens is 367 g/mol. The van der Waals surface area contributed by atoms with Crippen molar-refractivity contribution in [2.75, 3.05) is 11.1 Å². The van der Waals surface area contributed by atoms with E-state index >= 15 is 0 Å². The summed E-state index contributed by atoms with van der Waals surface area (Å²) in [6.45, 7) is 0. The number of hydrogen-bond acceptors (Lipinski definition) is 4. The number of carbonyl (C=O) groups is 1. The lowest BCUT2D eigenvalue weighted by molar-refractivity contribution is -0.113. The summed E-state index contributed by atoms with van der Waals surface area (Å²) >= 11 is 13.0. The molecule has 24 heavy (non-hydrogen) atoms. The van der Waals surface area contributed by atoms with Crippen LogP contribution in [0.3, 0.4) is 0 Å². The normalized spacial score (nSPS) is 10.6. The second-order valence-corrected chi connectivity index (χ2v) is 6.53. The minimum absolute atomic E-state index is 0.172. The molecule has 0 atom stereocenters. The second-order valence-electron chi connectivity index (χ2n) is 4.77. The highest BCUT2D eigenvalue weighted by Gasteiger charge is 2.08. The van der Waals surface area contributed by atoms with Gasteiger partial charge < -0.3 is 5.32 Å². The van der Waals surface area contributed by atoms with Gasteiger partial charge >= 0.3 is 0 Å². The Kier molecular flexibility index (Phi) is 5.40. The van der Waals surface area contributed by atoms with E-state index in [1.807, 2.05) is 30.3 Å². The van der Waals surface area contributed by atoms with Crippen molar-refractivity contribution in [2.45, 2.75) is 5.16 Å². The average Bonchev–Trinajstić information content (AvgIpc) is 3.06. The van der Waals surface area contributed by atoms with Crippen molar-refractivity contribution in [1.82, 2.24) is 14.8 Å². The molecule has 0 unspecified atom stereocenters. The predicted octanol–water partition coefficient (Wildman–Crippen LogP) is 4.30. The first-order valence-electron chi connectivity index (χ1n) is 6.96. The molecule has 0 saturated carbocycles. The van der Waals surface area contributed by atoms with E-state index < -0.39 is 0 Å². The molecule has 0 aliphatic heterocycles. The zero-order valence-electron chi connectivity index (χ0n) is 12.3. The van der Waals surface area contributed by atoms with Crippen molar-refractivity contribution >= 4 is 46.6 Å². The van der Waals surface area contributed by atoms with E-state index in [1.54, 1.807) is 29.2 Å². The number of para-hydroxylation sites is 1. The molecule has 0 fully saturated rings. The van der Waals surface area contributed by atoms with Gasteiger partial charge in [0, 0.05) is 5.69 Å². The fourth-order valence-electron chi connectivity index (χ4n) is 1.92. The summed E-state index contributed by atoms with van der Waals surface area (Å²) < 4.78 is 1.67. The van der Waals surface area contributed by atoms with Gasteiger partial charge in [0.05, 0.1) is 21.5 Å². The number of nitrogens with one attached hydrogen (secondary N) is 1. The summed E-state index contributed by atoms with van der Waals surface area (Å²) in [4.78, 5) is 16.2. The lowest BCUT2D eigenvalue weighted by Crippen LogP contribution is -2.14. The van der Waals surface area contributed by atoms with Crippen LogP contribution in [-0.2, 0) is 4.79 Å². The van der Waals surface area contributed by atoms with Crippen LogP contribution < -0.4 is 5.32 Å². The van der Waals surface area contributed by atoms with Crippen LogP contribution in [-0.4, -0.2) is 26.4 Å². The Morgan fingerprint density at radius 3 is 2.67 bits per heavy atom. The van der Waals surface area contributed by atoms with Crippen LogP contribution in [0, 0.1) is 0 Å². The molecular formula is C16H12Cl2N4OS. The molecule has 3 aromatic rings. The number of thioether (sulfide) groups is 1. The van der Waals surface area contributed by atoms with Crippen molar-refractivity contribution in [2.24, 2.45) is 0 Å². The standard InChI is InChI=1S/C16H12Cl2N4OS/c17-13-7-6-11(8-14(13)18)20-15(23)9-24-16-19-10-22(21-16)12-4-2-1-3-5-12/h1-8,10H,9H2,(H,20,23). The van der Waals surface area contributed by atoms with Gasteiger partial charge in [0.15, 0.2) is 0 Å². The number of amides is 1. The quantitative estimate of drug-likeness (QED) is 0.672. The van der Waals surface area contributed by atoms with Gasteiger partial charge in [-0.25, -0.2) is 9.67 Å². The van der Waals surface area contributed by atoms with Crippen molar-refractivity contribution in [3.05, 3.63) is 64.9 Å². The van der Waals surface area contributed by atoms with E-state index in [4.69, 9.17) is 23.2 Å². The van der Waals surface area contributed by atoms with Crippen LogP contribution in [0.4, 0.5) is 5.69 Å². The predicted molar refractivity (Wildman–Crippen MR) is 97.2 cm³/mol. The molecule has 0 spiro atoms. The van der Waals surface area contributed by atoms with Crippen LogP contribution in [0.5, 0.6) is 0 Å². The zero-order valence-corrected chi connectivity index (χ0v) is 14.6. The first kappa shape index (κ1) is 16.8. The van der Waals surface area contributed by atoms with Crippen molar-refractivity contribution in [1.29, 1.82) is 0 Å². The number of hydrogen-bond donors (Lipinski definition) is 1. The molecule has 0 saturated heterocycles. The number of rotatable bonds is 5. The number of aromatic nitrogens is 3. The van der Waals surface area contributed by atoms with E-state index in [0.29, 0.717) is 20.9 Å². The number of carbonyl (C=O) groups excluding carboxylic acids is 1. The molecule has 3 rings (SSSR count). The van der Waals surface area contributed by atoms with Crippen molar-refractivity contribution < 1.29 is 4.79 Å². The highest BCUT2D eigenvalue weighted by Crippen LogP contribution is 2.25. The summed E-state index contributed by atoms with van der Waals surface area (Å²) in [5, 5.41) is 8.46. The smallest absolute Gasteiger partial charge is 0.234 e. The van der Waals surface area contributed by atoms with Crippen molar-refractivity contribution in [3.63, 3.8) is 0 Å². The first-order chi connectivity index (χ1) is 11.6. The molecule has 1 aromatic heterocycles. The van der Waals surface area contributed by atoms with Crippen LogP contribution in [0.25, 0.3) is 5.69 Å². The van der Waals surface area contributed by atoms with Crippen LogP contribution in [0.2, 0.25) is 10.0 Å². The number of halogens is 2. The summed E-state index contributed by atoms with van der Waals surface area (Å²) in [5.74, 6) is 0.0217. The minimum Gasteiger partial charge on any atom is -0.325 e. The summed E-state index contributed by atoms with van der Waals surface area (Å²) in [7, 11) is 0. The van der Waals surface area contributed by atoms with Gasteiger partial charge in [-0.1, -0.05) is 53.2 Å². The van der Waals surface area contributed by atoms with Crippen LogP contribution in [0.1, 0.15) is 0 Å². The lowest BCUT2D eigenvalue weighted by Gasteiger charge is -2.05. The Bertz CT molecular complexity index is 854. The molecule has 8 heteroatoms. The third-order valence-electron chi connectivity index (χ3n) is 3.03. The van der Waals surface area contributed by atoms with E-state index in [2.05, 4.69) is 15.4 Å². The van der Waals surface area contributed by atoms with Crippen LogP contribution >= 0.6 is 35.0 Å². The van der Waals surface area contributed by atoms with E-state index in [1.165, 1.54) is 11.8 Å². The molecule has 1 heterocycles. The topological polar surface area (TPSA) is 59.8 Å². The monoisotopic (exact) mass is 378 g/mol. The zero-order chi connectivity index (χ0) is 16.9. The largest absolute Gasteiger partial charge is 0.325 e. The maximum atomic E-state index is 12.0. The second kappa shape index (κ2) is 7.70. The van der Waals surface area contributed by atoms with Gasteiger partial charge in [-0.15, -0.1) is 5.10 Å². The fourth-order valence-corrected chi connectivity index (χ4v) is 2.82. The van der Waals surface area contributed by atoms with Gasteiger partial charge in [0.2, 0.25) is 11.1 Å². The summed E-state index contributed by atoms with van der Waals surface area (Å²) in [5.41, 5.74) is 1.51. The molecule has 0 aliphatic rings. The average molecular weight is 379 g/mol. The summed E-state index contributed by atoms with van der Waals surface area (Å²) in [6.07, 6.45) is 1.62. The van der Waals surface area contributed by atoms with Gasteiger partial charge in [0.25, 0.3) is 0 Å². The number of benzene rings is 2. The minimum atomic E-state index is -0.172. The van der Waals surface area contributed by atoms with Gasteiger partial charge in [-0.3, -0.25) is 4.79 Å². The number of anilines is 1. The third-order valence-corrected chi connectivity index (χ3v) is 4.62. The number of nitrogens with zero attached hydrogens (tertiary/aromatic N) is 3. The van der Waals surface area contributed by atoms with Crippen molar-refractivity contribution in [3.8, 4) is 5.69 Å². The van der Waals surface area contributed by atoms with Crippen LogP contribution in [0.15, 0.2) is 60.0 Å². The van der Waals surface area contributed by atoms with Gasteiger partial charge in [-0.2, -0.15) is 0 Å².